The summed E-state index contributed by atoms with van der Waals surface area (Å²) in [7, 11) is 3.16. The van der Waals surface area contributed by atoms with Crippen LogP contribution >= 0.6 is 0 Å². The number of carbonyl (C=O) groups is 1. The van der Waals surface area contributed by atoms with Crippen molar-refractivity contribution < 1.29 is 28.8 Å². The van der Waals surface area contributed by atoms with Gasteiger partial charge in [0.05, 0.1) is 20.8 Å². The first-order chi connectivity index (χ1) is 19.1. The lowest BCUT2D eigenvalue weighted by molar-refractivity contribution is -0.126. The number of methoxy groups -OCH3 is 2. The van der Waals surface area contributed by atoms with Crippen LogP contribution in [-0.2, 0) is 16.1 Å². The Hall–Kier alpha value is -4.30. The molecule has 0 saturated heterocycles. The number of carbonyl (C=O) groups excluding carboxylic acids is 1. The fourth-order valence-corrected chi connectivity index (χ4v) is 4.15. The van der Waals surface area contributed by atoms with Crippen LogP contribution in [0.15, 0.2) is 83.9 Å². The summed E-state index contributed by atoms with van der Waals surface area (Å²) in [5.41, 5.74) is 1.55. The van der Waals surface area contributed by atoms with Gasteiger partial charge in [0, 0.05) is 31.6 Å². The van der Waals surface area contributed by atoms with Gasteiger partial charge >= 0.3 is 0 Å². The minimum atomic E-state index is -1.12. The zero-order valence-corrected chi connectivity index (χ0v) is 22.3. The van der Waals surface area contributed by atoms with Crippen LogP contribution in [0.4, 0.5) is 0 Å². The number of aliphatic hydroxyl groups is 1. The summed E-state index contributed by atoms with van der Waals surface area (Å²) in [6, 6.07) is 22.8. The van der Waals surface area contributed by atoms with E-state index in [4.69, 9.17) is 29.0 Å². The van der Waals surface area contributed by atoms with Crippen LogP contribution in [0.5, 0.6) is 17.2 Å². The zero-order chi connectivity index (χ0) is 27.5. The van der Waals surface area contributed by atoms with Crippen LogP contribution in [0.3, 0.4) is 0 Å². The average molecular weight is 531 g/mol. The lowest BCUT2D eigenvalue weighted by atomic mass is 9.95. The molecule has 3 aromatic rings. The highest BCUT2D eigenvalue weighted by Crippen LogP contribution is 2.29. The molecule has 0 aliphatic carbocycles. The summed E-state index contributed by atoms with van der Waals surface area (Å²) in [4.78, 5) is 18.4. The summed E-state index contributed by atoms with van der Waals surface area (Å²) >= 11 is 0. The fourth-order valence-electron chi connectivity index (χ4n) is 4.15. The minimum absolute atomic E-state index is 0.0810. The maximum Gasteiger partial charge on any atom is 0.252 e. The van der Waals surface area contributed by atoms with Crippen LogP contribution in [-0.4, -0.2) is 56.5 Å². The van der Waals surface area contributed by atoms with Gasteiger partial charge in [-0.25, -0.2) is 4.99 Å². The standard InChI is InChI=1S/C31H34N2O6/c1-36-27-16-11-24(20-28(27)37-2)21-32-30(35)31(17-6-10-23-8-4-3-5-9-23)22-39-29(33-31)25-12-14-26(15-13-25)38-19-7-18-34/h3-6,8-16,20,34H,7,17-19,21-22H2,1-2H3,(H,32,35)/b10-6+/t31-/m1/s1. The molecule has 0 aromatic heterocycles. The number of aliphatic imine (C=N–C) groups is 1. The lowest BCUT2D eigenvalue weighted by Crippen LogP contribution is -2.46. The van der Waals surface area contributed by atoms with E-state index in [0.717, 1.165) is 16.7 Å². The summed E-state index contributed by atoms with van der Waals surface area (Å²) in [6.45, 7) is 0.935. The van der Waals surface area contributed by atoms with Crippen molar-refractivity contribution >= 4 is 17.9 Å². The largest absolute Gasteiger partial charge is 0.494 e. The molecule has 204 valence electrons. The Bertz CT molecular complexity index is 1290. The molecule has 4 rings (SSSR count). The second kappa shape index (κ2) is 13.5. The van der Waals surface area contributed by atoms with Gasteiger partial charge in [-0.3, -0.25) is 4.79 Å². The number of aliphatic hydroxyl groups excluding tert-OH is 1. The fraction of sp³-hybridized carbons (Fsp3) is 0.290. The van der Waals surface area contributed by atoms with Crippen molar-refractivity contribution in [3.8, 4) is 17.2 Å². The maximum absolute atomic E-state index is 13.6. The summed E-state index contributed by atoms with van der Waals surface area (Å²) in [5.74, 6) is 2.09. The molecule has 8 nitrogen and oxygen atoms in total. The molecule has 0 radical (unpaired) electrons. The van der Waals surface area contributed by atoms with E-state index in [1.165, 1.54) is 0 Å². The summed E-state index contributed by atoms with van der Waals surface area (Å²) in [6.07, 6.45) is 4.87. The van der Waals surface area contributed by atoms with Gasteiger partial charge in [0.1, 0.15) is 12.4 Å². The molecule has 1 aliphatic rings. The monoisotopic (exact) mass is 530 g/mol. The van der Waals surface area contributed by atoms with Crippen molar-refractivity contribution in [2.24, 2.45) is 4.99 Å². The molecule has 0 saturated carbocycles. The molecule has 2 N–H and O–H groups in total. The highest BCUT2D eigenvalue weighted by Gasteiger charge is 2.43. The zero-order valence-electron chi connectivity index (χ0n) is 22.3. The molecule has 1 atom stereocenters. The van der Waals surface area contributed by atoms with Crippen molar-refractivity contribution in [1.29, 1.82) is 0 Å². The summed E-state index contributed by atoms with van der Waals surface area (Å²) in [5, 5.41) is 12.0. The normalized spacial score (nSPS) is 16.4. The van der Waals surface area contributed by atoms with E-state index in [9.17, 15) is 4.79 Å². The smallest absolute Gasteiger partial charge is 0.252 e. The highest BCUT2D eigenvalue weighted by atomic mass is 16.5. The van der Waals surface area contributed by atoms with Gasteiger partial charge in [-0.2, -0.15) is 0 Å². The molecule has 0 bridgehead atoms. The van der Waals surface area contributed by atoms with E-state index < -0.39 is 5.54 Å². The Kier molecular flexibility index (Phi) is 9.58. The Morgan fingerprint density at radius 2 is 1.82 bits per heavy atom. The second-order valence-corrected chi connectivity index (χ2v) is 9.08. The number of ether oxygens (including phenoxy) is 4. The topological polar surface area (TPSA) is 98.6 Å². The SMILES string of the molecule is COc1ccc(CNC(=O)[C@@]2(C/C=C/c3ccccc3)COC(c3ccc(OCCCO)cc3)=N2)cc1OC. The predicted octanol–water partition coefficient (Wildman–Crippen LogP) is 4.40. The van der Waals surface area contributed by atoms with E-state index in [1.807, 2.05) is 84.9 Å². The molecular formula is C31H34N2O6. The average Bonchev–Trinajstić information content (AvgIpc) is 3.42. The van der Waals surface area contributed by atoms with Gasteiger partial charge in [0.2, 0.25) is 5.90 Å². The first-order valence-corrected chi connectivity index (χ1v) is 12.8. The quantitative estimate of drug-likeness (QED) is 0.318. The Morgan fingerprint density at radius 1 is 1.05 bits per heavy atom. The van der Waals surface area contributed by atoms with Crippen molar-refractivity contribution in [1.82, 2.24) is 5.32 Å². The van der Waals surface area contributed by atoms with Crippen molar-refractivity contribution in [3.05, 3.63) is 95.6 Å². The molecule has 0 unspecified atom stereocenters. The third kappa shape index (κ3) is 7.18. The number of nitrogens with one attached hydrogen (secondary N) is 1. The van der Waals surface area contributed by atoms with Crippen LogP contribution in [0, 0.1) is 0 Å². The van der Waals surface area contributed by atoms with Crippen LogP contribution < -0.4 is 19.5 Å². The summed E-state index contributed by atoms with van der Waals surface area (Å²) < 4.78 is 22.3. The van der Waals surface area contributed by atoms with E-state index in [0.29, 0.717) is 49.1 Å². The number of amides is 1. The van der Waals surface area contributed by atoms with Crippen molar-refractivity contribution in [2.75, 3.05) is 34.0 Å². The van der Waals surface area contributed by atoms with Gasteiger partial charge in [-0.15, -0.1) is 0 Å². The second-order valence-electron chi connectivity index (χ2n) is 9.08. The van der Waals surface area contributed by atoms with Gasteiger partial charge in [-0.1, -0.05) is 48.6 Å². The molecule has 1 heterocycles. The van der Waals surface area contributed by atoms with Crippen LogP contribution in [0.1, 0.15) is 29.5 Å². The molecule has 1 amide bonds. The number of rotatable bonds is 13. The van der Waals surface area contributed by atoms with E-state index >= 15 is 0 Å². The lowest BCUT2D eigenvalue weighted by Gasteiger charge is -2.22. The molecule has 3 aromatic carbocycles. The Labute approximate surface area is 228 Å². The van der Waals surface area contributed by atoms with E-state index in [1.54, 1.807) is 14.2 Å². The Morgan fingerprint density at radius 3 is 2.54 bits per heavy atom. The molecule has 1 aliphatic heterocycles. The number of hydrogen-bond donors (Lipinski definition) is 2. The van der Waals surface area contributed by atoms with Gasteiger partial charge in [0.15, 0.2) is 17.0 Å². The molecule has 8 heteroatoms. The molecule has 0 spiro atoms. The van der Waals surface area contributed by atoms with Crippen molar-refractivity contribution in [2.45, 2.75) is 24.9 Å². The third-order valence-electron chi connectivity index (χ3n) is 6.32. The number of benzene rings is 3. The van der Waals surface area contributed by atoms with Gasteiger partial charge in [0.25, 0.3) is 5.91 Å². The van der Waals surface area contributed by atoms with Gasteiger partial charge < -0.3 is 29.4 Å². The van der Waals surface area contributed by atoms with Crippen LogP contribution in [0.25, 0.3) is 6.08 Å². The molecule has 0 fully saturated rings. The number of nitrogens with zero attached hydrogens (tertiary/aromatic N) is 1. The van der Waals surface area contributed by atoms with E-state index in [-0.39, 0.29) is 19.1 Å². The highest BCUT2D eigenvalue weighted by molar-refractivity contribution is 6.00. The first kappa shape index (κ1) is 27.7. The van der Waals surface area contributed by atoms with Gasteiger partial charge in [-0.05, 0) is 47.5 Å². The minimum Gasteiger partial charge on any atom is -0.494 e. The third-order valence-corrected chi connectivity index (χ3v) is 6.32. The number of hydrogen-bond acceptors (Lipinski definition) is 7. The first-order valence-electron chi connectivity index (χ1n) is 12.8. The van der Waals surface area contributed by atoms with E-state index in [2.05, 4.69) is 5.32 Å². The maximum atomic E-state index is 13.6. The molecule has 39 heavy (non-hydrogen) atoms. The molecular weight excluding hydrogens is 496 g/mol. The van der Waals surface area contributed by atoms with Crippen molar-refractivity contribution in [3.63, 3.8) is 0 Å². The van der Waals surface area contributed by atoms with Crippen LogP contribution in [0.2, 0.25) is 0 Å². The predicted molar refractivity (Wildman–Crippen MR) is 150 cm³/mol. The Balaban J connectivity index is 1.53.